The minimum atomic E-state index is -0.200. The Labute approximate surface area is 125 Å². The Kier molecular flexibility index (Phi) is 4.40. The molecule has 1 unspecified atom stereocenters. The van der Waals surface area contributed by atoms with Gasteiger partial charge in [0.05, 0.1) is 11.4 Å². The fourth-order valence-electron chi connectivity index (χ4n) is 2.22. The molecule has 5 heteroatoms. The van der Waals surface area contributed by atoms with Crippen molar-refractivity contribution in [1.29, 1.82) is 0 Å². The van der Waals surface area contributed by atoms with E-state index in [0.717, 1.165) is 29.2 Å². The molecule has 1 atom stereocenters. The van der Waals surface area contributed by atoms with Crippen molar-refractivity contribution >= 4 is 11.6 Å². The van der Waals surface area contributed by atoms with Crippen LogP contribution in [-0.2, 0) is 0 Å². The number of nitrogens with one attached hydrogen (secondary N) is 1. The first-order valence-corrected chi connectivity index (χ1v) is 7.24. The third kappa shape index (κ3) is 3.29. The molecule has 1 amide bonds. The molecule has 2 aromatic rings. The molecular weight excluding hydrogens is 264 g/mol. The van der Waals surface area contributed by atoms with Gasteiger partial charge in [0.1, 0.15) is 0 Å². The van der Waals surface area contributed by atoms with E-state index in [-0.39, 0.29) is 11.9 Å². The zero-order valence-corrected chi connectivity index (χ0v) is 13.3. The lowest BCUT2D eigenvalue weighted by molar-refractivity contribution is 0.102. The van der Waals surface area contributed by atoms with E-state index >= 15 is 0 Å². The second kappa shape index (κ2) is 6.08. The van der Waals surface area contributed by atoms with Crippen LogP contribution in [0.5, 0.6) is 0 Å². The summed E-state index contributed by atoms with van der Waals surface area (Å²) in [5.41, 5.74) is 3.89. The number of hydrogen-bond donors (Lipinski definition) is 1. The standard InChI is InChI=1S/C16H22N4O/c1-6-11(3)20-12(4)9-15(19-20)16(21)18-14-8-7-10(2)17-13(14)5/h7-9,11H,6H2,1-5H3,(H,18,21). The molecule has 2 heterocycles. The molecule has 0 fully saturated rings. The van der Waals surface area contributed by atoms with Crippen LogP contribution in [-0.4, -0.2) is 20.7 Å². The molecule has 21 heavy (non-hydrogen) atoms. The number of nitrogens with zero attached hydrogens (tertiary/aromatic N) is 3. The van der Waals surface area contributed by atoms with Crippen molar-refractivity contribution in [3.63, 3.8) is 0 Å². The molecule has 0 bridgehead atoms. The lowest BCUT2D eigenvalue weighted by Gasteiger charge is -2.11. The first kappa shape index (κ1) is 15.2. The monoisotopic (exact) mass is 286 g/mol. The molecule has 2 aromatic heterocycles. The van der Waals surface area contributed by atoms with Crippen LogP contribution in [0.25, 0.3) is 0 Å². The first-order valence-electron chi connectivity index (χ1n) is 7.24. The SMILES string of the molecule is CCC(C)n1nc(C(=O)Nc2ccc(C)nc2C)cc1C. The van der Waals surface area contributed by atoms with Gasteiger partial charge in [-0.1, -0.05) is 6.92 Å². The fraction of sp³-hybridized carbons (Fsp3) is 0.438. The number of aryl methyl sites for hydroxylation is 3. The van der Waals surface area contributed by atoms with Crippen molar-refractivity contribution < 1.29 is 4.79 Å². The van der Waals surface area contributed by atoms with Crippen molar-refractivity contribution in [1.82, 2.24) is 14.8 Å². The number of aromatic nitrogens is 3. The molecular formula is C16H22N4O. The maximum atomic E-state index is 12.3. The summed E-state index contributed by atoms with van der Waals surface area (Å²) in [4.78, 5) is 16.7. The maximum Gasteiger partial charge on any atom is 0.276 e. The molecule has 5 nitrogen and oxygen atoms in total. The predicted octanol–water partition coefficient (Wildman–Crippen LogP) is 3.43. The van der Waals surface area contributed by atoms with Crippen LogP contribution >= 0.6 is 0 Å². The number of anilines is 1. The van der Waals surface area contributed by atoms with Crippen molar-refractivity contribution in [2.24, 2.45) is 0 Å². The second-order valence-electron chi connectivity index (χ2n) is 5.41. The van der Waals surface area contributed by atoms with Crippen LogP contribution in [0.3, 0.4) is 0 Å². The summed E-state index contributed by atoms with van der Waals surface area (Å²) < 4.78 is 1.90. The minimum absolute atomic E-state index is 0.200. The van der Waals surface area contributed by atoms with Crippen LogP contribution in [0.2, 0.25) is 0 Å². The van der Waals surface area contributed by atoms with Crippen LogP contribution in [0, 0.1) is 20.8 Å². The minimum Gasteiger partial charge on any atom is -0.319 e. The van der Waals surface area contributed by atoms with Crippen LogP contribution in [0.15, 0.2) is 18.2 Å². The Morgan fingerprint density at radius 2 is 2.05 bits per heavy atom. The highest BCUT2D eigenvalue weighted by Gasteiger charge is 2.15. The molecule has 0 saturated carbocycles. The Hall–Kier alpha value is -2.17. The van der Waals surface area contributed by atoms with Crippen LogP contribution < -0.4 is 5.32 Å². The normalized spacial score (nSPS) is 12.2. The van der Waals surface area contributed by atoms with Gasteiger partial charge in [-0.25, -0.2) is 0 Å². The molecule has 0 spiro atoms. The third-order valence-corrected chi connectivity index (χ3v) is 3.64. The van der Waals surface area contributed by atoms with E-state index in [9.17, 15) is 4.79 Å². The van der Waals surface area contributed by atoms with Gasteiger partial charge in [-0.3, -0.25) is 14.5 Å². The molecule has 0 radical (unpaired) electrons. The zero-order chi connectivity index (χ0) is 15.6. The van der Waals surface area contributed by atoms with E-state index in [1.54, 1.807) is 0 Å². The van der Waals surface area contributed by atoms with Crippen molar-refractivity contribution in [3.05, 3.63) is 41.0 Å². The van der Waals surface area contributed by atoms with Crippen molar-refractivity contribution in [2.45, 2.75) is 47.1 Å². The number of hydrogen-bond acceptors (Lipinski definition) is 3. The topological polar surface area (TPSA) is 59.8 Å². The van der Waals surface area contributed by atoms with E-state index in [0.29, 0.717) is 5.69 Å². The summed E-state index contributed by atoms with van der Waals surface area (Å²) >= 11 is 0. The first-order chi connectivity index (χ1) is 9.92. The highest BCUT2D eigenvalue weighted by atomic mass is 16.2. The maximum absolute atomic E-state index is 12.3. The number of rotatable bonds is 4. The van der Waals surface area contributed by atoms with E-state index in [4.69, 9.17) is 0 Å². The molecule has 0 saturated heterocycles. The molecule has 0 aromatic carbocycles. The van der Waals surface area contributed by atoms with Gasteiger partial charge in [0.15, 0.2) is 5.69 Å². The number of amides is 1. The molecule has 0 aliphatic rings. The summed E-state index contributed by atoms with van der Waals surface area (Å²) in [6.45, 7) is 9.97. The quantitative estimate of drug-likeness (QED) is 0.936. The van der Waals surface area contributed by atoms with Gasteiger partial charge in [0.25, 0.3) is 5.91 Å². The fourth-order valence-corrected chi connectivity index (χ4v) is 2.22. The highest BCUT2D eigenvalue weighted by molar-refractivity contribution is 6.03. The van der Waals surface area contributed by atoms with Crippen molar-refractivity contribution in [3.8, 4) is 0 Å². The largest absolute Gasteiger partial charge is 0.319 e. The molecule has 2 rings (SSSR count). The molecule has 0 aliphatic carbocycles. The van der Waals surface area contributed by atoms with Gasteiger partial charge < -0.3 is 5.32 Å². The average molecular weight is 286 g/mol. The number of carbonyl (C=O) groups excluding carboxylic acids is 1. The predicted molar refractivity (Wildman–Crippen MR) is 83.6 cm³/mol. The van der Waals surface area contributed by atoms with Crippen molar-refractivity contribution in [2.75, 3.05) is 5.32 Å². The smallest absolute Gasteiger partial charge is 0.276 e. The van der Waals surface area contributed by atoms with E-state index in [1.807, 2.05) is 43.7 Å². The van der Waals surface area contributed by atoms with E-state index in [1.165, 1.54) is 0 Å². The Morgan fingerprint density at radius 3 is 2.67 bits per heavy atom. The summed E-state index contributed by atoms with van der Waals surface area (Å²) in [5.74, 6) is -0.200. The van der Waals surface area contributed by atoms with Gasteiger partial charge in [0.2, 0.25) is 0 Å². The average Bonchev–Trinajstić information content (AvgIpc) is 2.83. The van der Waals surface area contributed by atoms with Gasteiger partial charge >= 0.3 is 0 Å². The number of pyridine rings is 1. The lowest BCUT2D eigenvalue weighted by Crippen LogP contribution is -2.15. The summed E-state index contributed by atoms with van der Waals surface area (Å²) in [6, 6.07) is 5.85. The number of carbonyl (C=O) groups is 1. The molecule has 0 aliphatic heterocycles. The van der Waals surface area contributed by atoms with Gasteiger partial charge in [-0.2, -0.15) is 5.10 Å². The van der Waals surface area contributed by atoms with Gasteiger partial charge in [-0.05, 0) is 52.3 Å². The van der Waals surface area contributed by atoms with Crippen LogP contribution in [0.1, 0.15) is 53.9 Å². The summed E-state index contributed by atoms with van der Waals surface area (Å²) in [5, 5.41) is 7.28. The highest BCUT2D eigenvalue weighted by Crippen LogP contribution is 2.17. The molecule has 112 valence electrons. The third-order valence-electron chi connectivity index (χ3n) is 3.64. The van der Waals surface area contributed by atoms with Gasteiger partial charge in [-0.15, -0.1) is 0 Å². The van der Waals surface area contributed by atoms with E-state index in [2.05, 4.69) is 29.2 Å². The van der Waals surface area contributed by atoms with E-state index < -0.39 is 0 Å². The Bertz CT molecular complexity index is 660. The Balaban J connectivity index is 2.21. The van der Waals surface area contributed by atoms with Gasteiger partial charge in [0, 0.05) is 17.4 Å². The summed E-state index contributed by atoms with van der Waals surface area (Å²) in [7, 11) is 0. The Morgan fingerprint density at radius 1 is 1.33 bits per heavy atom. The van der Waals surface area contributed by atoms with Crippen LogP contribution in [0.4, 0.5) is 5.69 Å². The lowest BCUT2D eigenvalue weighted by atomic mass is 10.2. The molecule has 1 N–H and O–H groups in total. The second-order valence-corrected chi connectivity index (χ2v) is 5.41. The zero-order valence-electron chi connectivity index (χ0n) is 13.3. The summed E-state index contributed by atoms with van der Waals surface area (Å²) in [6.07, 6.45) is 0.977.